The molecule has 0 aromatic heterocycles. The second kappa shape index (κ2) is 5.81. The Morgan fingerprint density at radius 2 is 2.14 bits per heavy atom. The van der Waals surface area contributed by atoms with E-state index >= 15 is 0 Å². The third-order valence-corrected chi connectivity index (χ3v) is 4.71. The highest BCUT2D eigenvalue weighted by atomic mass is 79.9. The van der Waals surface area contributed by atoms with Crippen LogP contribution in [0, 0.1) is 0 Å². The zero-order valence-electron chi connectivity index (χ0n) is 11.7. The molecule has 0 bridgehead atoms. The molecule has 1 aliphatic carbocycles. The molecule has 3 rings (SSSR count). The van der Waals surface area contributed by atoms with Crippen LogP contribution in [0.25, 0.3) is 6.08 Å². The van der Waals surface area contributed by atoms with Crippen molar-refractivity contribution in [1.29, 1.82) is 0 Å². The first kappa shape index (κ1) is 14.6. The number of aliphatic hydroxyl groups excluding tert-OH is 1. The minimum absolute atomic E-state index is 0.00495. The Morgan fingerprint density at radius 3 is 2.86 bits per heavy atom. The van der Waals surface area contributed by atoms with Gasteiger partial charge in [0.1, 0.15) is 12.4 Å². The van der Waals surface area contributed by atoms with Gasteiger partial charge < -0.3 is 15.2 Å². The first-order valence-electron chi connectivity index (χ1n) is 7.18. The van der Waals surface area contributed by atoms with Crippen molar-refractivity contribution in [3.8, 4) is 5.75 Å². The first-order valence-corrected chi connectivity index (χ1v) is 7.97. The molecule has 5 heteroatoms. The summed E-state index contributed by atoms with van der Waals surface area (Å²) >= 11 is 3.42. The predicted octanol–water partition coefficient (Wildman–Crippen LogP) is 2.65. The second-order valence-corrected chi connectivity index (χ2v) is 6.66. The van der Waals surface area contributed by atoms with Gasteiger partial charge in [0.15, 0.2) is 0 Å². The molecule has 1 fully saturated rings. The van der Waals surface area contributed by atoms with Gasteiger partial charge in [-0.3, -0.25) is 4.79 Å². The van der Waals surface area contributed by atoms with Crippen LogP contribution < -0.4 is 10.1 Å². The summed E-state index contributed by atoms with van der Waals surface area (Å²) in [6.07, 6.45) is 5.63. The number of carbonyl (C=O) groups excluding carboxylic acids is 1. The maximum atomic E-state index is 12.4. The van der Waals surface area contributed by atoms with Gasteiger partial charge >= 0.3 is 0 Å². The molecule has 1 aromatic rings. The van der Waals surface area contributed by atoms with E-state index in [1.54, 1.807) is 0 Å². The molecular formula is C16H18BrNO3. The minimum atomic E-state index is -0.449. The average molecular weight is 352 g/mol. The summed E-state index contributed by atoms with van der Waals surface area (Å²) in [5, 5.41) is 12.6. The van der Waals surface area contributed by atoms with Gasteiger partial charge in [-0.05, 0) is 37.1 Å². The minimum Gasteiger partial charge on any atom is -0.488 e. The number of ether oxygens (including phenoxy) is 1. The largest absolute Gasteiger partial charge is 0.488 e. The number of amides is 1. The third-order valence-electron chi connectivity index (χ3n) is 4.22. The molecule has 1 aromatic carbocycles. The Labute approximate surface area is 132 Å². The Kier molecular flexibility index (Phi) is 4.04. The molecule has 0 atom stereocenters. The van der Waals surface area contributed by atoms with Crippen LogP contribution in [0.5, 0.6) is 5.75 Å². The number of benzene rings is 1. The number of carbonyl (C=O) groups is 1. The van der Waals surface area contributed by atoms with E-state index in [0.717, 1.165) is 41.5 Å². The van der Waals surface area contributed by atoms with E-state index in [1.807, 2.05) is 24.3 Å². The zero-order chi connectivity index (χ0) is 14.9. The van der Waals surface area contributed by atoms with Crippen molar-refractivity contribution in [3.05, 3.63) is 33.8 Å². The van der Waals surface area contributed by atoms with Crippen LogP contribution in [-0.2, 0) is 4.79 Å². The summed E-state index contributed by atoms with van der Waals surface area (Å²) in [7, 11) is 0. The van der Waals surface area contributed by atoms with E-state index < -0.39 is 5.54 Å². The maximum Gasteiger partial charge on any atom is 0.251 e. The molecular weight excluding hydrogens is 334 g/mol. The van der Waals surface area contributed by atoms with Crippen LogP contribution >= 0.6 is 15.9 Å². The lowest BCUT2D eigenvalue weighted by Crippen LogP contribution is -2.50. The molecule has 0 spiro atoms. The van der Waals surface area contributed by atoms with Gasteiger partial charge in [-0.25, -0.2) is 0 Å². The van der Waals surface area contributed by atoms with Gasteiger partial charge in [-0.1, -0.05) is 28.8 Å². The highest BCUT2D eigenvalue weighted by molar-refractivity contribution is 9.10. The van der Waals surface area contributed by atoms with Crippen molar-refractivity contribution >= 4 is 27.9 Å². The molecule has 2 aliphatic rings. The molecule has 0 saturated heterocycles. The Bertz CT molecular complexity index is 591. The average Bonchev–Trinajstić information content (AvgIpc) is 2.95. The molecule has 1 heterocycles. The summed E-state index contributed by atoms with van der Waals surface area (Å²) in [6.45, 7) is 0.261. The smallest absolute Gasteiger partial charge is 0.251 e. The van der Waals surface area contributed by atoms with E-state index in [0.29, 0.717) is 5.57 Å². The molecule has 2 N–H and O–H groups in total. The Balaban J connectivity index is 1.79. The fourth-order valence-electron chi connectivity index (χ4n) is 2.98. The highest BCUT2D eigenvalue weighted by Crippen LogP contribution is 2.31. The van der Waals surface area contributed by atoms with E-state index in [9.17, 15) is 9.90 Å². The summed E-state index contributed by atoms with van der Waals surface area (Å²) in [4.78, 5) is 12.4. The number of aliphatic hydroxyl groups is 1. The van der Waals surface area contributed by atoms with Gasteiger partial charge in [0.05, 0.1) is 17.7 Å². The van der Waals surface area contributed by atoms with Crippen LogP contribution in [0.15, 0.2) is 28.2 Å². The number of hydrogen-bond acceptors (Lipinski definition) is 3. The van der Waals surface area contributed by atoms with E-state index in [2.05, 4.69) is 21.2 Å². The molecule has 1 saturated carbocycles. The van der Waals surface area contributed by atoms with E-state index in [4.69, 9.17) is 4.74 Å². The van der Waals surface area contributed by atoms with Crippen molar-refractivity contribution in [2.75, 3.05) is 13.2 Å². The SMILES string of the molecule is O=C(NC1(CO)CCCC1)C1=Cc2cc(Br)ccc2OC1. The number of hydrogen-bond donors (Lipinski definition) is 2. The fourth-order valence-corrected chi connectivity index (χ4v) is 3.35. The summed E-state index contributed by atoms with van der Waals surface area (Å²) in [5.41, 5.74) is 1.04. The van der Waals surface area contributed by atoms with Gasteiger partial charge in [0.2, 0.25) is 0 Å². The molecule has 1 amide bonds. The Hall–Kier alpha value is -1.33. The van der Waals surface area contributed by atoms with Crippen molar-refractivity contribution in [3.63, 3.8) is 0 Å². The number of halogens is 1. The molecule has 0 radical (unpaired) electrons. The van der Waals surface area contributed by atoms with Crippen molar-refractivity contribution < 1.29 is 14.6 Å². The zero-order valence-corrected chi connectivity index (χ0v) is 13.3. The van der Waals surface area contributed by atoms with Gasteiger partial charge in [0, 0.05) is 10.0 Å². The fraction of sp³-hybridized carbons (Fsp3) is 0.438. The first-order chi connectivity index (χ1) is 10.1. The van der Waals surface area contributed by atoms with Gasteiger partial charge in [0.25, 0.3) is 5.91 Å². The highest BCUT2D eigenvalue weighted by Gasteiger charge is 2.35. The van der Waals surface area contributed by atoms with E-state index in [-0.39, 0.29) is 19.1 Å². The summed E-state index contributed by atoms with van der Waals surface area (Å²) < 4.78 is 6.58. The normalized spacial score (nSPS) is 19.4. The lowest BCUT2D eigenvalue weighted by atomic mass is 9.97. The quantitative estimate of drug-likeness (QED) is 0.879. The van der Waals surface area contributed by atoms with Crippen molar-refractivity contribution in [2.24, 2.45) is 0 Å². The summed E-state index contributed by atoms with van der Waals surface area (Å²) in [6, 6.07) is 5.73. The Morgan fingerprint density at radius 1 is 1.38 bits per heavy atom. The van der Waals surface area contributed by atoms with Crippen LogP contribution in [-0.4, -0.2) is 29.8 Å². The number of fused-ring (bicyclic) bond motifs is 1. The van der Waals surface area contributed by atoms with Crippen LogP contribution in [0.2, 0.25) is 0 Å². The molecule has 0 unspecified atom stereocenters. The molecule has 4 nitrogen and oxygen atoms in total. The topological polar surface area (TPSA) is 58.6 Å². The lowest BCUT2D eigenvalue weighted by molar-refractivity contribution is -0.120. The van der Waals surface area contributed by atoms with Crippen molar-refractivity contribution in [1.82, 2.24) is 5.32 Å². The standard InChI is InChI=1S/C16H18BrNO3/c17-13-3-4-14-11(8-13)7-12(9-21-14)15(20)18-16(10-19)5-1-2-6-16/h3-4,7-8,19H,1-2,5-6,9-10H2,(H,18,20). The van der Waals surface area contributed by atoms with Gasteiger partial charge in [-0.15, -0.1) is 0 Å². The molecule has 21 heavy (non-hydrogen) atoms. The summed E-state index contributed by atoms with van der Waals surface area (Å²) in [5.74, 6) is 0.643. The predicted molar refractivity (Wildman–Crippen MR) is 84.0 cm³/mol. The van der Waals surface area contributed by atoms with Crippen LogP contribution in [0.1, 0.15) is 31.2 Å². The lowest BCUT2D eigenvalue weighted by Gasteiger charge is -2.29. The van der Waals surface area contributed by atoms with Crippen molar-refractivity contribution in [2.45, 2.75) is 31.2 Å². The van der Waals surface area contributed by atoms with Gasteiger partial charge in [-0.2, -0.15) is 0 Å². The van der Waals surface area contributed by atoms with E-state index in [1.165, 1.54) is 0 Å². The number of nitrogens with one attached hydrogen (secondary N) is 1. The maximum absolute atomic E-state index is 12.4. The third kappa shape index (κ3) is 2.99. The van der Waals surface area contributed by atoms with Crippen LogP contribution in [0.4, 0.5) is 0 Å². The van der Waals surface area contributed by atoms with Crippen LogP contribution in [0.3, 0.4) is 0 Å². The molecule has 112 valence electrons. The monoisotopic (exact) mass is 351 g/mol. The second-order valence-electron chi connectivity index (χ2n) is 5.74. The molecule has 1 aliphatic heterocycles. The number of rotatable bonds is 3.